The highest BCUT2D eigenvalue weighted by Crippen LogP contribution is 2.32. The average molecular weight is 339 g/mol. The predicted molar refractivity (Wildman–Crippen MR) is 86.7 cm³/mol. The number of hydrogen-bond acceptors (Lipinski definition) is 3. The fourth-order valence-electron chi connectivity index (χ4n) is 2.51. The number of carbonyl (C=O) groups is 1. The molecule has 0 heterocycles. The van der Waals surface area contributed by atoms with Gasteiger partial charge < -0.3 is 10.4 Å². The number of benzene rings is 1. The van der Waals surface area contributed by atoms with Crippen LogP contribution in [0.4, 0.5) is 0 Å². The maximum Gasteiger partial charge on any atom is 0.262 e. The minimum absolute atomic E-state index is 0.0729. The Morgan fingerprint density at radius 2 is 2.00 bits per heavy atom. The molecule has 6 heteroatoms. The molecule has 116 valence electrons. The van der Waals surface area contributed by atoms with Gasteiger partial charge in [0.05, 0.1) is 5.02 Å². The van der Waals surface area contributed by atoms with Gasteiger partial charge in [0.25, 0.3) is 5.91 Å². The van der Waals surface area contributed by atoms with Crippen LogP contribution in [0, 0.1) is 11.3 Å². The van der Waals surface area contributed by atoms with Gasteiger partial charge in [-0.15, -0.1) is 0 Å². The van der Waals surface area contributed by atoms with Gasteiger partial charge in [-0.25, -0.2) is 0 Å². The van der Waals surface area contributed by atoms with Gasteiger partial charge in [0, 0.05) is 16.6 Å². The second-order valence-electron chi connectivity index (χ2n) is 5.30. The normalized spacial score (nSPS) is 16.1. The van der Waals surface area contributed by atoms with Crippen molar-refractivity contribution in [3.8, 4) is 11.8 Å². The summed E-state index contributed by atoms with van der Waals surface area (Å²) in [7, 11) is 0. The zero-order valence-corrected chi connectivity index (χ0v) is 13.4. The fraction of sp³-hybridized carbons (Fsp3) is 0.375. The minimum atomic E-state index is -0.440. The van der Waals surface area contributed by atoms with Crippen molar-refractivity contribution in [2.75, 3.05) is 0 Å². The quantitative estimate of drug-likeness (QED) is 0.644. The average Bonchev–Trinajstić information content (AvgIpc) is 2.50. The minimum Gasteiger partial charge on any atom is -0.506 e. The SMILES string of the molecule is N#CC(=Cc1cc(Cl)cc(Cl)c1O)C(=O)NC1CCCCC1. The topological polar surface area (TPSA) is 73.1 Å². The highest BCUT2D eigenvalue weighted by molar-refractivity contribution is 6.35. The highest BCUT2D eigenvalue weighted by Gasteiger charge is 2.18. The van der Waals surface area contributed by atoms with Gasteiger partial charge in [-0.05, 0) is 31.1 Å². The van der Waals surface area contributed by atoms with E-state index in [9.17, 15) is 15.2 Å². The van der Waals surface area contributed by atoms with Crippen LogP contribution in [0.3, 0.4) is 0 Å². The van der Waals surface area contributed by atoms with Crippen molar-refractivity contribution < 1.29 is 9.90 Å². The van der Waals surface area contributed by atoms with Crippen LogP contribution in [0.5, 0.6) is 5.75 Å². The first-order chi connectivity index (χ1) is 10.5. The molecule has 2 rings (SSSR count). The maximum atomic E-state index is 12.2. The molecule has 0 radical (unpaired) electrons. The summed E-state index contributed by atoms with van der Waals surface area (Å²) in [5.74, 6) is -0.644. The monoisotopic (exact) mass is 338 g/mol. The van der Waals surface area contributed by atoms with Crippen molar-refractivity contribution in [2.24, 2.45) is 0 Å². The first-order valence-electron chi connectivity index (χ1n) is 7.12. The smallest absolute Gasteiger partial charge is 0.262 e. The number of amides is 1. The summed E-state index contributed by atoms with van der Waals surface area (Å²) in [4.78, 5) is 12.2. The van der Waals surface area contributed by atoms with Crippen LogP contribution >= 0.6 is 23.2 Å². The Labute approximate surface area is 139 Å². The van der Waals surface area contributed by atoms with E-state index in [0.717, 1.165) is 25.7 Å². The van der Waals surface area contributed by atoms with Gasteiger partial charge in [-0.2, -0.15) is 5.26 Å². The molecule has 1 fully saturated rings. The molecule has 1 amide bonds. The van der Waals surface area contributed by atoms with Crippen LogP contribution in [-0.4, -0.2) is 17.1 Å². The van der Waals surface area contributed by atoms with Crippen molar-refractivity contribution >= 4 is 35.2 Å². The molecule has 0 saturated heterocycles. The van der Waals surface area contributed by atoms with Crippen LogP contribution in [0.1, 0.15) is 37.7 Å². The van der Waals surface area contributed by atoms with E-state index >= 15 is 0 Å². The Balaban J connectivity index is 2.20. The summed E-state index contributed by atoms with van der Waals surface area (Å²) in [6.07, 6.45) is 6.51. The molecular formula is C16H16Cl2N2O2. The number of aromatic hydroxyl groups is 1. The summed E-state index contributed by atoms with van der Waals surface area (Å²) in [5, 5.41) is 22.3. The number of nitrogens with zero attached hydrogens (tertiary/aromatic N) is 1. The summed E-state index contributed by atoms with van der Waals surface area (Å²) in [6.45, 7) is 0. The van der Waals surface area contributed by atoms with E-state index in [1.165, 1.54) is 24.6 Å². The van der Waals surface area contributed by atoms with Crippen LogP contribution in [0.25, 0.3) is 6.08 Å². The number of phenolic OH excluding ortho intramolecular Hbond substituents is 1. The second-order valence-corrected chi connectivity index (χ2v) is 6.15. The molecule has 2 N–H and O–H groups in total. The lowest BCUT2D eigenvalue weighted by molar-refractivity contribution is -0.117. The van der Waals surface area contributed by atoms with Gasteiger partial charge in [0.15, 0.2) is 0 Å². The van der Waals surface area contributed by atoms with Crippen molar-refractivity contribution in [1.29, 1.82) is 5.26 Å². The third-order valence-corrected chi connectivity index (χ3v) is 4.17. The zero-order valence-electron chi connectivity index (χ0n) is 11.9. The van der Waals surface area contributed by atoms with E-state index in [0.29, 0.717) is 5.02 Å². The first-order valence-corrected chi connectivity index (χ1v) is 7.87. The number of hydrogen-bond donors (Lipinski definition) is 2. The Kier molecular flexibility index (Phi) is 5.70. The molecular weight excluding hydrogens is 323 g/mol. The van der Waals surface area contributed by atoms with Crippen LogP contribution < -0.4 is 5.32 Å². The summed E-state index contributed by atoms with van der Waals surface area (Å²) in [5.41, 5.74) is 0.159. The molecule has 0 atom stereocenters. The number of nitrogens with one attached hydrogen (secondary N) is 1. The van der Waals surface area contributed by atoms with Crippen molar-refractivity contribution in [3.05, 3.63) is 33.3 Å². The summed E-state index contributed by atoms with van der Waals surface area (Å²) in [6, 6.07) is 4.81. The molecule has 0 bridgehead atoms. The van der Waals surface area contributed by atoms with Crippen molar-refractivity contribution in [2.45, 2.75) is 38.1 Å². The molecule has 0 unspecified atom stereocenters. The van der Waals surface area contributed by atoms with E-state index in [1.807, 2.05) is 6.07 Å². The Hall–Kier alpha value is -1.70. The molecule has 0 spiro atoms. The van der Waals surface area contributed by atoms with Gasteiger partial charge >= 0.3 is 0 Å². The molecule has 1 saturated carbocycles. The van der Waals surface area contributed by atoms with Gasteiger partial charge in [0.1, 0.15) is 17.4 Å². The van der Waals surface area contributed by atoms with Crippen molar-refractivity contribution in [3.63, 3.8) is 0 Å². The molecule has 1 aromatic carbocycles. The lowest BCUT2D eigenvalue weighted by Crippen LogP contribution is -2.36. The number of carbonyl (C=O) groups excluding carboxylic acids is 1. The van der Waals surface area contributed by atoms with Crippen LogP contribution in [0.15, 0.2) is 17.7 Å². The Morgan fingerprint density at radius 3 is 2.64 bits per heavy atom. The third-order valence-electron chi connectivity index (χ3n) is 3.66. The molecule has 4 nitrogen and oxygen atoms in total. The number of nitriles is 1. The first kappa shape index (κ1) is 16.7. The maximum absolute atomic E-state index is 12.2. The predicted octanol–water partition coefficient (Wildman–Crippen LogP) is 4.05. The van der Waals surface area contributed by atoms with E-state index in [1.54, 1.807) is 0 Å². The fourth-order valence-corrected chi connectivity index (χ4v) is 3.02. The van der Waals surface area contributed by atoms with E-state index < -0.39 is 5.91 Å². The van der Waals surface area contributed by atoms with Crippen molar-refractivity contribution in [1.82, 2.24) is 5.32 Å². The van der Waals surface area contributed by atoms with Gasteiger partial charge in [0.2, 0.25) is 0 Å². The number of halogens is 2. The summed E-state index contributed by atoms with van der Waals surface area (Å²) >= 11 is 11.7. The molecule has 22 heavy (non-hydrogen) atoms. The van der Waals surface area contributed by atoms with E-state index in [4.69, 9.17) is 23.2 Å². The standard InChI is InChI=1S/C16H16Cl2N2O2/c17-12-7-10(15(21)14(18)8-12)6-11(9-19)16(22)20-13-4-2-1-3-5-13/h6-8,13,21H,1-5H2,(H,20,22). The molecule has 1 aromatic rings. The molecule has 0 aliphatic heterocycles. The molecule has 0 aromatic heterocycles. The third kappa shape index (κ3) is 4.16. The van der Waals surface area contributed by atoms with Gasteiger partial charge in [-0.3, -0.25) is 4.79 Å². The summed E-state index contributed by atoms with van der Waals surface area (Å²) < 4.78 is 0. The number of phenols is 1. The number of rotatable bonds is 3. The van der Waals surface area contributed by atoms with E-state index in [-0.39, 0.29) is 28.0 Å². The second kappa shape index (κ2) is 7.53. The Morgan fingerprint density at radius 1 is 1.32 bits per heavy atom. The van der Waals surface area contributed by atoms with Crippen LogP contribution in [-0.2, 0) is 4.79 Å². The van der Waals surface area contributed by atoms with Gasteiger partial charge in [-0.1, -0.05) is 42.5 Å². The lowest BCUT2D eigenvalue weighted by Gasteiger charge is -2.22. The largest absolute Gasteiger partial charge is 0.506 e. The molecule has 1 aliphatic carbocycles. The lowest BCUT2D eigenvalue weighted by atomic mass is 9.95. The molecule has 1 aliphatic rings. The zero-order chi connectivity index (χ0) is 16.1. The Bertz CT molecular complexity index is 644. The van der Waals surface area contributed by atoms with E-state index in [2.05, 4.69) is 5.32 Å². The van der Waals surface area contributed by atoms with Crippen LogP contribution in [0.2, 0.25) is 10.0 Å². The highest BCUT2D eigenvalue weighted by atomic mass is 35.5.